The Morgan fingerprint density at radius 1 is 1.20 bits per heavy atom. The van der Waals surface area contributed by atoms with Crippen molar-refractivity contribution in [2.45, 2.75) is 50.5 Å². The Hall–Kier alpha value is -2.87. The van der Waals surface area contributed by atoms with Crippen LogP contribution in [-0.4, -0.2) is 32.3 Å². The third-order valence-corrected chi connectivity index (χ3v) is 6.03. The van der Waals surface area contributed by atoms with Gasteiger partial charge >= 0.3 is 0 Å². The van der Waals surface area contributed by atoms with Crippen LogP contribution in [0.5, 0.6) is 0 Å². The largest absolute Gasteiger partial charge is 0.272 e. The van der Waals surface area contributed by atoms with Crippen LogP contribution in [0.25, 0.3) is 11.0 Å². The lowest BCUT2D eigenvalue weighted by Crippen LogP contribution is -2.42. The second kappa shape index (κ2) is 8.47. The first-order valence-corrected chi connectivity index (χ1v) is 11.1. The highest BCUT2D eigenvalue weighted by Crippen LogP contribution is 2.40. The van der Waals surface area contributed by atoms with E-state index in [1.807, 2.05) is 55.8 Å². The lowest BCUT2D eigenvalue weighted by molar-refractivity contribution is -0.119. The average Bonchev–Trinajstić information content (AvgIpc) is 3.49. The van der Waals surface area contributed by atoms with E-state index in [2.05, 4.69) is 16.0 Å². The van der Waals surface area contributed by atoms with Crippen molar-refractivity contribution in [1.82, 2.24) is 25.6 Å². The number of hydrogen-bond acceptors (Lipinski definition) is 5. The van der Waals surface area contributed by atoms with Crippen molar-refractivity contribution >= 4 is 34.6 Å². The summed E-state index contributed by atoms with van der Waals surface area (Å²) in [7, 11) is 0. The minimum atomic E-state index is -0.360. The minimum absolute atomic E-state index is 0.138. The first-order chi connectivity index (χ1) is 14.4. The predicted molar refractivity (Wildman–Crippen MR) is 117 cm³/mol. The summed E-state index contributed by atoms with van der Waals surface area (Å²) < 4.78 is 1.83. The van der Waals surface area contributed by atoms with Gasteiger partial charge in [-0.2, -0.15) is 5.10 Å². The fourth-order valence-corrected chi connectivity index (χ4v) is 3.90. The van der Waals surface area contributed by atoms with E-state index >= 15 is 0 Å². The molecule has 0 atom stereocenters. The Bertz CT molecular complexity index is 1090. The van der Waals surface area contributed by atoms with E-state index in [0.717, 1.165) is 23.4 Å². The van der Waals surface area contributed by atoms with Crippen LogP contribution < -0.4 is 10.9 Å². The van der Waals surface area contributed by atoms with Crippen LogP contribution in [0.1, 0.15) is 60.3 Å². The summed E-state index contributed by atoms with van der Waals surface area (Å²) in [4.78, 5) is 30.8. The second-order valence-corrected chi connectivity index (χ2v) is 8.94. The van der Waals surface area contributed by atoms with Gasteiger partial charge in [0.05, 0.1) is 22.9 Å². The molecule has 0 radical (unpaired) electrons. The van der Waals surface area contributed by atoms with E-state index in [9.17, 15) is 9.59 Å². The van der Waals surface area contributed by atoms with Crippen LogP contribution >= 0.6 is 11.8 Å². The number of aromatic nitrogens is 3. The summed E-state index contributed by atoms with van der Waals surface area (Å²) in [6.45, 7) is 6.08. The summed E-state index contributed by atoms with van der Waals surface area (Å²) >= 11 is 1.42. The fraction of sp³-hybridized carbons (Fsp3) is 0.364. The molecule has 1 saturated carbocycles. The maximum atomic E-state index is 12.9. The molecule has 30 heavy (non-hydrogen) atoms. The number of nitrogens with zero attached hydrogens (tertiary/aromatic N) is 3. The minimum Gasteiger partial charge on any atom is -0.272 e. The smallest absolute Gasteiger partial charge is 0.270 e. The van der Waals surface area contributed by atoms with Crippen molar-refractivity contribution < 1.29 is 9.59 Å². The highest BCUT2D eigenvalue weighted by molar-refractivity contribution is 8.00. The van der Waals surface area contributed by atoms with Gasteiger partial charge in [-0.05, 0) is 51.8 Å². The summed E-state index contributed by atoms with van der Waals surface area (Å²) in [6, 6.07) is 9.93. The number of thioether (sulfide) groups is 1. The second-order valence-electron chi connectivity index (χ2n) is 7.89. The zero-order chi connectivity index (χ0) is 21.3. The zero-order valence-corrected chi connectivity index (χ0v) is 18.1. The molecule has 1 fully saturated rings. The Balaban J connectivity index is 1.45. The van der Waals surface area contributed by atoms with E-state index in [1.165, 1.54) is 17.3 Å². The standard InChI is InChI=1S/C22H25N5O2S/c1-13(2)27-21-18(11-23-27)17(10-19(24-21)15-6-7-15)22(29)26-25-20(28)12-30-16-8-4-14(3)5-9-16/h4-5,8-11,13,15H,6-7,12H2,1-3H3,(H,25,28)(H,26,29). The van der Waals surface area contributed by atoms with Crippen LogP contribution in [0.2, 0.25) is 0 Å². The van der Waals surface area contributed by atoms with Gasteiger partial charge in [0.25, 0.3) is 5.91 Å². The number of aryl methyl sites for hydroxylation is 1. The van der Waals surface area contributed by atoms with E-state index < -0.39 is 0 Å². The van der Waals surface area contributed by atoms with Crippen LogP contribution in [0, 0.1) is 6.92 Å². The molecule has 8 heteroatoms. The van der Waals surface area contributed by atoms with E-state index in [0.29, 0.717) is 22.5 Å². The normalized spacial score (nSPS) is 13.6. The lowest BCUT2D eigenvalue weighted by atomic mass is 10.1. The van der Waals surface area contributed by atoms with Crippen LogP contribution in [0.4, 0.5) is 0 Å². The van der Waals surface area contributed by atoms with Crippen molar-refractivity contribution in [2.24, 2.45) is 0 Å². The van der Waals surface area contributed by atoms with Crippen molar-refractivity contribution in [1.29, 1.82) is 0 Å². The molecular weight excluding hydrogens is 398 g/mol. The molecule has 0 aliphatic heterocycles. The molecular formula is C22H25N5O2S. The van der Waals surface area contributed by atoms with Crippen LogP contribution in [0.3, 0.4) is 0 Å². The molecule has 0 spiro atoms. The number of pyridine rings is 1. The highest BCUT2D eigenvalue weighted by atomic mass is 32.2. The van der Waals surface area contributed by atoms with Crippen molar-refractivity contribution in [2.75, 3.05) is 5.75 Å². The average molecular weight is 424 g/mol. The summed E-state index contributed by atoms with van der Waals surface area (Å²) in [6.07, 6.45) is 3.84. The summed E-state index contributed by atoms with van der Waals surface area (Å²) in [5.74, 6) is -0.00831. The molecule has 0 saturated heterocycles. The SMILES string of the molecule is Cc1ccc(SCC(=O)NNC(=O)c2cc(C3CC3)nc3c2cnn3C(C)C)cc1. The van der Waals surface area contributed by atoms with E-state index in [-0.39, 0.29) is 23.6 Å². The quantitative estimate of drug-likeness (QED) is 0.466. The monoisotopic (exact) mass is 423 g/mol. The van der Waals surface area contributed by atoms with Crippen molar-refractivity contribution in [3.05, 3.63) is 53.3 Å². The Morgan fingerprint density at radius 2 is 1.93 bits per heavy atom. The molecule has 7 nitrogen and oxygen atoms in total. The number of nitrogens with one attached hydrogen (secondary N) is 2. The van der Waals surface area contributed by atoms with Gasteiger partial charge in [0.1, 0.15) is 0 Å². The van der Waals surface area contributed by atoms with Crippen LogP contribution in [-0.2, 0) is 4.79 Å². The Morgan fingerprint density at radius 3 is 2.60 bits per heavy atom. The number of hydrazine groups is 1. The summed E-state index contributed by atoms with van der Waals surface area (Å²) in [5.41, 5.74) is 8.34. The predicted octanol–water partition coefficient (Wildman–Crippen LogP) is 3.75. The molecule has 1 aliphatic rings. The van der Waals surface area contributed by atoms with Gasteiger partial charge in [0.2, 0.25) is 5.91 Å². The molecule has 3 aromatic rings. The maximum absolute atomic E-state index is 12.9. The molecule has 4 rings (SSSR count). The molecule has 2 heterocycles. The lowest BCUT2D eigenvalue weighted by Gasteiger charge is -2.11. The highest BCUT2D eigenvalue weighted by Gasteiger charge is 2.28. The molecule has 156 valence electrons. The van der Waals surface area contributed by atoms with Gasteiger partial charge in [-0.25, -0.2) is 9.67 Å². The number of rotatable bonds is 6. The van der Waals surface area contributed by atoms with Gasteiger partial charge in [-0.3, -0.25) is 20.4 Å². The van der Waals surface area contributed by atoms with E-state index in [4.69, 9.17) is 4.98 Å². The van der Waals surface area contributed by atoms with Gasteiger partial charge in [0, 0.05) is 22.5 Å². The Labute approximate surface area is 179 Å². The van der Waals surface area contributed by atoms with Gasteiger partial charge < -0.3 is 0 Å². The number of amides is 2. The van der Waals surface area contributed by atoms with Crippen molar-refractivity contribution in [3.8, 4) is 0 Å². The van der Waals surface area contributed by atoms with Crippen LogP contribution in [0.15, 0.2) is 41.4 Å². The fourth-order valence-electron chi connectivity index (χ4n) is 3.20. The van der Waals surface area contributed by atoms with Gasteiger partial charge in [-0.1, -0.05) is 17.7 Å². The topological polar surface area (TPSA) is 88.9 Å². The first-order valence-electron chi connectivity index (χ1n) is 10.1. The summed E-state index contributed by atoms with van der Waals surface area (Å²) in [5, 5.41) is 5.10. The number of hydrogen-bond donors (Lipinski definition) is 2. The number of benzene rings is 1. The number of carbonyl (C=O) groups excluding carboxylic acids is 2. The molecule has 0 bridgehead atoms. The third-order valence-electron chi connectivity index (χ3n) is 5.02. The zero-order valence-electron chi connectivity index (χ0n) is 17.3. The molecule has 2 amide bonds. The van der Waals surface area contributed by atoms with Gasteiger partial charge in [-0.15, -0.1) is 11.8 Å². The van der Waals surface area contributed by atoms with E-state index in [1.54, 1.807) is 6.20 Å². The number of carbonyl (C=O) groups is 2. The first kappa shape index (κ1) is 20.4. The maximum Gasteiger partial charge on any atom is 0.270 e. The molecule has 1 aromatic carbocycles. The third kappa shape index (κ3) is 4.48. The Kier molecular flexibility index (Phi) is 5.76. The molecule has 2 aromatic heterocycles. The van der Waals surface area contributed by atoms with Gasteiger partial charge in [0.15, 0.2) is 5.65 Å². The molecule has 1 aliphatic carbocycles. The number of fused-ring (bicyclic) bond motifs is 1. The molecule has 0 unspecified atom stereocenters. The molecule has 2 N–H and O–H groups in total. The van der Waals surface area contributed by atoms with Crippen molar-refractivity contribution in [3.63, 3.8) is 0 Å².